The van der Waals surface area contributed by atoms with Crippen molar-refractivity contribution in [2.75, 3.05) is 13.1 Å². The van der Waals surface area contributed by atoms with Gasteiger partial charge in [0.2, 0.25) is 0 Å². The van der Waals surface area contributed by atoms with E-state index in [0.717, 1.165) is 25.9 Å². The highest BCUT2D eigenvalue weighted by atomic mass is 16.5. The SMILES string of the molecule is C=CC(C)C1(CC)CCCN(O)C1. The van der Waals surface area contributed by atoms with Gasteiger partial charge in [-0.15, -0.1) is 6.58 Å². The van der Waals surface area contributed by atoms with Gasteiger partial charge in [0, 0.05) is 13.1 Å². The molecule has 1 rings (SSSR count). The fourth-order valence-corrected chi connectivity index (χ4v) is 2.37. The van der Waals surface area contributed by atoms with Crippen LogP contribution in [0.15, 0.2) is 12.7 Å². The molecule has 0 aromatic rings. The first-order valence-corrected chi connectivity index (χ1v) is 5.21. The lowest BCUT2D eigenvalue weighted by Crippen LogP contribution is -2.44. The highest BCUT2D eigenvalue weighted by Gasteiger charge is 2.36. The molecule has 0 aromatic heterocycles. The van der Waals surface area contributed by atoms with Crippen LogP contribution < -0.4 is 0 Å². The van der Waals surface area contributed by atoms with Crippen LogP contribution in [0.2, 0.25) is 0 Å². The summed E-state index contributed by atoms with van der Waals surface area (Å²) in [6.45, 7) is 9.89. The Morgan fingerprint density at radius 1 is 1.69 bits per heavy atom. The normalized spacial score (nSPS) is 32.8. The van der Waals surface area contributed by atoms with Crippen molar-refractivity contribution in [3.63, 3.8) is 0 Å². The van der Waals surface area contributed by atoms with Gasteiger partial charge in [-0.2, -0.15) is 5.06 Å². The average Bonchev–Trinajstić information content (AvgIpc) is 2.16. The van der Waals surface area contributed by atoms with E-state index in [9.17, 15) is 5.21 Å². The third kappa shape index (κ3) is 2.12. The maximum Gasteiger partial charge on any atom is 0.0300 e. The Morgan fingerprint density at radius 3 is 2.85 bits per heavy atom. The van der Waals surface area contributed by atoms with Gasteiger partial charge in [0.05, 0.1) is 0 Å². The average molecular weight is 183 g/mol. The van der Waals surface area contributed by atoms with Crippen molar-refractivity contribution in [3.05, 3.63) is 12.7 Å². The van der Waals surface area contributed by atoms with Crippen LogP contribution in [0.4, 0.5) is 0 Å². The van der Waals surface area contributed by atoms with E-state index >= 15 is 0 Å². The van der Waals surface area contributed by atoms with Gasteiger partial charge in [-0.25, -0.2) is 0 Å². The minimum Gasteiger partial charge on any atom is -0.314 e. The molecule has 13 heavy (non-hydrogen) atoms. The molecule has 2 heteroatoms. The summed E-state index contributed by atoms with van der Waals surface area (Å²) >= 11 is 0. The number of piperidine rings is 1. The van der Waals surface area contributed by atoms with Gasteiger partial charge in [0.1, 0.15) is 0 Å². The fraction of sp³-hybridized carbons (Fsp3) is 0.818. The summed E-state index contributed by atoms with van der Waals surface area (Å²) in [6, 6.07) is 0. The van der Waals surface area contributed by atoms with E-state index in [1.54, 1.807) is 0 Å². The highest BCUT2D eigenvalue weighted by molar-refractivity contribution is 4.95. The Bertz CT molecular complexity index is 181. The standard InChI is InChI=1S/C11H21NO/c1-4-10(3)11(5-2)7-6-8-12(13)9-11/h4,10,13H,1,5-9H2,2-3H3. The van der Waals surface area contributed by atoms with Gasteiger partial charge < -0.3 is 5.21 Å². The van der Waals surface area contributed by atoms with E-state index in [4.69, 9.17) is 0 Å². The number of allylic oxidation sites excluding steroid dienone is 1. The van der Waals surface area contributed by atoms with Crippen LogP contribution in [0.25, 0.3) is 0 Å². The molecule has 0 saturated carbocycles. The van der Waals surface area contributed by atoms with E-state index in [0.29, 0.717) is 5.92 Å². The van der Waals surface area contributed by atoms with Gasteiger partial charge in [0.25, 0.3) is 0 Å². The quantitative estimate of drug-likeness (QED) is 0.680. The van der Waals surface area contributed by atoms with Crippen LogP contribution in [0.5, 0.6) is 0 Å². The van der Waals surface area contributed by atoms with E-state index in [2.05, 4.69) is 20.4 Å². The van der Waals surface area contributed by atoms with Crippen molar-refractivity contribution >= 4 is 0 Å². The summed E-state index contributed by atoms with van der Waals surface area (Å²) in [4.78, 5) is 0. The molecule has 1 fully saturated rings. The topological polar surface area (TPSA) is 23.5 Å². The molecule has 0 bridgehead atoms. The number of hydroxylamine groups is 2. The maximum atomic E-state index is 9.52. The monoisotopic (exact) mass is 183 g/mol. The Hall–Kier alpha value is -0.340. The zero-order valence-electron chi connectivity index (χ0n) is 8.79. The van der Waals surface area contributed by atoms with Crippen molar-refractivity contribution in [2.45, 2.75) is 33.1 Å². The summed E-state index contributed by atoms with van der Waals surface area (Å²) < 4.78 is 0. The zero-order chi connectivity index (χ0) is 9.90. The van der Waals surface area contributed by atoms with Crippen molar-refractivity contribution in [1.29, 1.82) is 0 Å². The second-order valence-corrected chi connectivity index (χ2v) is 4.23. The van der Waals surface area contributed by atoms with Gasteiger partial charge in [-0.1, -0.05) is 19.9 Å². The number of rotatable bonds is 3. The second kappa shape index (κ2) is 4.25. The molecule has 0 aromatic carbocycles. The minimum atomic E-state index is 0.259. The zero-order valence-corrected chi connectivity index (χ0v) is 8.79. The number of nitrogens with zero attached hydrogens (tertiary/aromatic N) is 1. The molecular weight excluding hydrogens is 162 g/mol. The molecule has 0 radical (unpaired) electrons. The lowest BCUT2D eigenvalue weighted by molar-refractivity contribution is -0.147. The minimum absolute atomic E-state index is 0.259. The maximum absolute atomic E-state index is 9.52. The molecule has 1 N–H and O–H groups in total. The smallest absolute Gasteiger partial charge is 0.0300 e. The summed E-state index contributed by atoms with van der Waals surface area (Å²) in [5.41, 5.74) is 0.259. The summed E-state index contributed by atoms with van der Waals surface area (Å²) in [5, 5.41) is 11.0. The summed E-state index contributed by atoms with van der Waals surface area (Å²) in [5.74, 6) is 0.493. The van der Waals surface area contributed by atoms with Crippen LogP contribution in [-0.4, -0.2) is 23.4 Å². The van der Waals surface area contributed by atoms with Crippen LogP contribution in [0, 0.1) is 11.3 Å². The molecule has 0 amide bonds. The summed E-state index contributed by atoms with van der Waals surface area (Å²) in [6.07, 6.45) is 5.45. The Balaban J connectivity index is 2.72. The lowest BCUT2D eigenvalue weighted by Gasteiger charge is -2.43. The molecule has 2 unspecified atom stereocenters. The van der Waals surface area contributed by atoms with Crippen LogP contribution >= 0.6 is 0 Å². The molecule has 76 valence electrons. The van der Waals surface area contributed by atoms with E-state index in [1.165, 1.54) is 11.5 Å². The Kier molecular flexibility index (Phi) is 3.51. The van der Waals surface area contributed by atoms with E-state index in [-0.39, 0.29) is 5.41 Å². The molecule has 2 atom stereocenters. The lowest BCUT2D eigenvalue weighted by atomic mass is 9.69. The summed E-state index contributed by atoms with van der Waals surface area (Å²) in [7, 11) is 0. The second-order valence-electron chi connectivity index (χ2n) is 4.23. The van der Waals surface area contributed by atoms with Gasteiger partial charge in [-0.05, 0) is 30.6 Å². The Labute approximate surface area is 81.2 Å². The highest BCUT2D eigenvalue weighted by Crippen LogP contribution is 2.40. The Morgan fingerprint density at radius 2 is 2.38 bits per heavy atom. The van der Waals surface area contributed by atoms with Crippen LogP contribution in [0.3, 0.4) is 0 Å². The molecule has 1 heterocycles. The molecular formula is C11H21NO. The molecule has 1 aliphatic heterocycles. The third-order valence-electron chi connectivity index (χ3n) is 3.61. The molecule has 0 spiro atoms. The van der Waals surface area contributed by atoms with Crippen molar-refractivity contribution in [2.24, 2.45) is 11.3 Å². The van der Waals surface area contributed by atoms with E-state index < -0.39 is 0 Å². The third-order valence-corrected chi connectivity index (χ3v) is 3.61. The van der Waals surface area contributed by atoms with Crippen molar-refractivity contribution in [3.8, 4) is 0 Å². The first kappa shape index (κ1) is 10.7. The predicted molar refractivity (Wildman–Crippen MR) is 54.7 cm³/mol. The van der Waals surface area contributed by atoms with Gasteiger partial charge in [0.15, 0.2) is 0 Å². The van der Waals surface area contributed by atoms with Gasteiger partial charge >= 0.3 is 0 Å². The number of hydrogen-bond donors (Lipinski definition) is 1. The van der Waals surface area contributed by atoms with Crippen molar-refractivity contribution < 1.29 is 5.21 Å². The molecule has 0 aliphatic carbocycles. The van der Waals surface area contributed by atoms with E-state index in [1.807, 2.05) is 6.08 Å². The molecule has 2 nitrogen and oxygen atoms in total. The largest absolute Gasteiger partial charge is 0.314 e. The van der Waals surface area contributed by atoms with Gasteiger partial charge in [-0.3, -0.25) is 0 Å². The first-order valence-electron chi connectivity index (χ1n) is 5.21. The molecule has 1 saturated heterocycles. The van der Waals surface area contributed by atoms with Crippen LogP contribution in [0.1, 0.15) is 33.1 Å². The number of hydrogen-bond acceptors (Lipinski definition) is 2. The fourth-order valence-electron chi connectivity index (χ4n) is 2.37. The molecule has 1 aliphatic rings. The van der Waals surface area contributed by atoms with Crippen LogP contribution in [-0.2, 0) is 0 Å². The van der Waals surface area contributed by atoms with Crippen molar-refractivity contribution in [1.82, 2.24) is 5.06 Å². The first-order chi connectivity index (χ1) is 6.14. The predicted octanol–water partition coefficient (Wildman–Crippen LogP) is 2.69.